The predicted molar refractivity (Wildman–Crippen MR) is 48.1 cm³/mol. The number of rotatable bonds is 3. The van der Waals surface area contributed by atoms with Gasteiger partial charge in [0.25, 0.3) is 0 Å². The molecule has 5 nitrogen and oxygen atoms in total. The van der Waals surface area contributed by atoms with Crippen LogP contribution in [0, 0.1) is 11.3 Å². The third-order valence-corrected chi connectivity index (χ3v) is 1.66. The number of aliphatic carboxylic acids is 1. The van der Waals surface area contributed by atoms with E-state index in [0.29, 0.717) is 5.69 Å². The normalized spacial score (nSPS) is 11.7. The van der Waals surface area contributed by atoms with Gasteiger partial charge < -0.3 is 10.8 Å². The largest absolute Gasteiger partial charge is 0.481 e. The van der Waals surface area contributed by atoms with Crippen molar-refractivity contribution < 1.29 is 9.90 Å². The van der Waals surface area contributed by atoms with E-state index in [1.54, 1.807) is 12.1 Å². The molecule has 0 aliphatic carbocycles. The molecule has 1 heterocycles. The van der Waals surface area contributed by atoms with Crippen LogP contribution in [0.5, 0.6) is 0 Å². The molecule has 1 atom stereocenters. The topological polar surface area (TPSA) is 100 Å². The summed E-state index contributed by atoms with van der Waals surface area (Å²) in [6, 6.07) is 5.97. The molecule has 0 aliphatic rings. The van der Waals surface area contributed by atoms with Gasteiger partial charge in [0, 0.05) is 0 Å². The van der Waals surface area contributed by atoms with Gasteiger partial charge in [-0.2, -0.15) is 5.26 Å². The molecule has 0 radical (unpaired) electrons. The number of carboxylic acid groups (broad SMARTS) is 1. The van der Waals surface area contributed by atoms with Crippen LogP contribution in [-0.4, -0.2) is 16.1 Å². The van der Waals surface area contributed by atoms with Crippen molar-refractivity contribution in [3.05, 3.63) is 29.6 Å². The Morgan fingerprint density at radius 1 is 1.71 bits per heavy atom. The number of aromatic nitrogens is 1. The molecule has 1 aromatic rings. The van der Waals surface area contributed by atoms with Gasteiger partial charge in [-0.1, -0.05) is 6.07 Å². The summed E-state index contributed by atoms with van der Waals surface area (Å²) < 4.78 is 0. The van der Waals surface area contributed by atoms with Crippen LogP contribution < -0.4 is 5.73 Å². The zero-order valence-electron chi connectivity index (χ0n) is 7.34. The van der Waals surface area contributed by atoms with Crippen molar-refractivity contribution in [1.29, 1.82) is 5.26 Å². The molecule has 72 valence electrons. The summed E-state index contributed by atoms with van der Waals surface area (Å²) in [5.41, 5.74) is 6.23. The monoisotopic (exact) mass is 191 g/mol. The maximum atomic E-state index is 10.4. The number of hydrogen-bond acceptors (Lipinski definition) is 4. The molecule has 0 saturated heterocycles. The molecular weight excluding hydrogens is 182 g/mol. The maximum absolute atomic E-state index is 10.4. The number of nitrogens with two attached hydrogens (primary N) is 1. The Hall–Kier alpha value is -1.93. The first kappa shape index (κ1) is 10.2. The van der Waals surface area contributed by atoms with Crippen LogP contribution in [0.2, 0.25) is 0 Å². The molecular formula is C9H9N3O2. The lowest BCUT2D eigenvalue weighted by molar-refractivity contribution is -0.137. The second-order valence-corrected chi connectivity index (χ2v) is 2.76. The predicted octanol–water partition coefficient (Wildman–Crippen LogP) is 0.428. The highest BCUT2D eigenvalue weighted by Gasteiger charge is 2.11. The second kappa shape index (κ2) is 4.35. The summed E-state index contributed by atoms with van der Waals surface area (Å²) >= 11 is 0. The summed E-state index contributed by atoms with van der Waals surface area (Å²) in [4.78, 5) is 14.3. The minimum Gasteiger partial charge on any atom is -0.481 e. The molecule has 0 spiro atoms. The van der Waals surface area contributed by atoms with Crippen molar-refractivity contribution in [3.63, 3.8) is 0 Å². The molecule has 5 heteroatoms. The Kier molecular flexibility index (Phi) is 3.15. The first-order chi connectivity index (χ1) is 6.63. The highest BCUT2D eigenvalue weighted by molar-refractivity contribution is 5.67. The number of nitrogens with zero attached hydrogens (tertiary/aromatic N) is 2. The number of nitriles is 1. The number of hydrogen-bond donors (Lipinski definition) is 2. The lowest BCUT2D eigenvalue weighted by Crippen LogP contribution is -2.16. The van der Waals surface area contributed by atoms with E-state index in [4.69, 9.17) is 16.1 Å². The van der Waals surface area contributed by atoms with E-state index in [1.807, 2.05) is 6.07 Å². The van der Waals surface area contributed by atoms with Gasteiger partial charge >= 0.3 is 5.97 Å². The number of pyridine rings is 1. The van der Waals surface area contributed by atoms with Crippen molar-refractivity contribution in [1.82, 2.24) is 4.98 Å². The molecule has 14 heavy (non-hydrogen) atoms. The minimum absolute atomic E-state index is 0.193. The van der Waals surface area contributed by atoms with E-state index >= 15 is 0 Å². The van der Waals surface area contributed by atoms with Gasteiger partial charge in [0.2, 0.25) is 0 Å². The highest BCUT2D eigenvalue weighted by Crippen LogP contribution is 2.11. The Bertz CT molecular complexity index is 384. The zero-order chi connectivity index (χ0) is 10.6. The zero-order valence-corrected chi connectivity index (χ0v) is 7.34. The van der Waals surface area contributed by atoms with Crippen LogP contribution in [-0.2, 0) is 4.79 Å². The molecule has 1 aromatic heterocycles. The van der Waals surface area contributed by atoms with Gasteiger partial charge in [-0.05, 0) is 12.1 Å². The van der Waals surface area contributed by atoms with Crippen LogP contribution in [0.1, 0.15) is 23.9 Å². The average molecular weight is 191 g/mol. The van der Waals surface area contributed by atoms with Gasteiger partial charge in [-0.25, -0.2) is 4.98 Å². The average Bonchev–Trinajstić information content (AvgIpc) is 2.17. The van der Waals surface area contributed by atoms with Crippen LogP contribution in [0.25, 0.3) is 0 Å². The molecule has 0 fully saturated rings. The van der Waals surface area contributed by atoms with Crippen molar-refractivity contribution in [3.8, 4) is 6.07 Å². The van der Waals surface area contributed by atoms with E-state index in [1.165, 1.54) is 6.07 Å². The fourth-order valence-electron chi connectivity index (χ4n) is 1.01. The molecule has 0 saturated carbocycles. The van der Waals surface area contributed by atoms with Crippen molar-refractivity contribution in [2.45, 2.75) is 12.5 Å². The van der Waals surface area contributed by atoms with E-state index in [9.17, 15) is 4.79 Å². The van der Waals surface area contributed by atoms with E-state index in [2.05, 4.69) is 4.98 Å². The van der Waals surface area contributed by atoms with Gasteiger partial charge in [0.15, 0.2) is 0 Å². The molecule has 0 aromatic carbocycles. The third-order valence-electron chi connectivity index (χ3n) is 1.66. The molecule has 0 unspecified atom stereocenters. The quantitative estimate of drug-likeness (QED) is 0.721. The number of carboxylic acids is 1. The summed E-state index contributed by atoms with van der Waals surface area (Å²) in [6.45, 7) is 0. The Morgan fingerprint density at radius 3 is 3.00 bits per heavy atom. The fourth-order valence-corrected chi connectivity index (χ4v) is 1.01. The van der Waals surface area contributed by atoms with Gasteiger partial charge in [-0.15, -0.1) is 0 Å². The molecule has 1 rings (SSSR count). The standard InChI is InChI=1S/C9H9N3O2/c10-5-6-2-1-3-8(12-6)7(11)4-9(13)14/h1-3,7H,4,11H2,(H,13,14)/t7-/m0/s1. The van der Waals surface area contributed by atoms with E-state index < -0.39 is 12.0 Å². The molecule has 0 bridgehead atoms. The fraction of sp³-hybridized carbons (Fsp3) is 0.222. The first-order valence-corrected chi connectivity index (χ1v) is 3.98. The minimum atomic E-state index is -0.985. The number of carbonyl (C=O) groups is 1. The summed E-state index contributed by atoms with van der Waals surface area (Å²) in [7, 11) is 0. The maximum Gasteiger partial charge on any atom is 0.305 e. The van der Waals surface area contributed by atoms with Crippen LogP contribution in [0.4, 0.5) is 0 Å². The smallest absolute Gasteiger partial charge is 0.305 e. The SMILES string of the molecule is N#Cc1cccc([C@@H](N)CC(=O)O)n1. The van der Waals surface area contributed by atoms with Crippen molar-refractivity contribution in [2.75, 3.05) is 0 Å². The third kappa shape index (κ3) is 2.54. The Balaban J connectivity index is 2.85. The molecule has 0 amide bonds. The molecule has 3 N–H and O–H groups in total. The lowest BCUT2D eigenvalue weighted by Gasteiger charge is -2.07. The first-order valence-electron chi connectivity index (χ1n) is 3.98. The summed E-state index contributed by atoms with van der Waals surface area (Å²) in [5.74, 6) is -0.985. The van der Waals surface area contributed by atoms with Gasteiger partial charge in [-0.3, -0.25) is 4.79 Å². The summed E-state index contributed by atoms with van der Waals surface area (Å²) in [6.07, 6.45) is -0.193. The van der Waals surface area contributed by atoms with Crippen molar-refractivity contribution >= 4 is 5.97 Å². The second-order valence-electron chi connectivity index (χ2n) is 2.76. The van der Waals surface area contributed by atoms with Crippen LogP contribution >= 0.6 is 0 Å². The Labute approximate surface area is 80.8 Å². The van der Waals surface area contributed by atoms with E-state index in [0.717, 1.165) is 0 Å². The van der Waals surface area contributed by atoms with Crippen LogP contribution in [0.15, 0.2) is 18.2 Å². The van der Waals surface area contributed by atoms with Gasteiger partial charge in [0.1, 0.15) is 11.8 Å². The lowest BCUT2D eigenvalue weighted by atomic mass is 10.1. The summed E-state index contributed by atoms with van der Waals surface area (Å²) in [5, 5.41) is 17.1. The van der Waals surface area contributed by atoms with Crippen molar-refractivity contribution in [2.24, 2.45) is 5.73 Å². The van der Waals surface area contributed by atoms with Crippen LogP contribution in [0.3, 0.4) is 0 Å². The molecule has 0 aliphatic heterocycles. The Morgan fingerprint density at radius 2 is 2.43 bits per heavy atom. The van der Waals surface area contributed by atoms with E-state index in [-0.39, 0.29) is 12.1 Å². The highest BCUT2D eigenvalue weighted by atomic mass is 16.4. The van der Waals surface area contributed by atoms with Gasteiger partial charge in [0.05, 0.1) is 18.2 Å².